The summed E-state index contributed by atoms with van der Waals surface area (Å²) in [4.78, 5) is 8.63. The van der Waals surface area contributed by atoms with Gasteiger partial charge in [-0.2, -0.15) is 5.26 Å². The van der Waals surface area contributed by atoms with Crippen molar-refractivity contribution in [2.24, 2.45) is 0 Å². The average molecular weight is 457 g/mol. The summed E-state index contributed by atoms with van der Waals surface area (Å²) < 4.78 is 6.71. The van der Waals surface area contributed by atoms with E-state index in [1.54, 1.807) is 6.08 Å². The second-order valence-electron chi connectivity index (χ2n) is 5.61. The van der Waals surface area contributed by atoms with Gasteiger partial charge < -0.3 is 9.40 Å². The maximum Gasteiger partial charge on any atom is 0.179 e. The summed E-state index contributed by atoms with van der Waals surface area (Å²) in [5, 5.41) is 10.9. The van der Waals surface area contributed by atoms with Crippen molar-refractivity contribution >= 4 is 62.0 Å². The highest BCUT2D eigenvalue weighted by atomic mass is 79.9. The second kappa shape index (κ2) is 7.65. The van der Waals surface area contributed by atoms with E-state index in [9.17, 15) is 5.26 Å². The topological polar surface area (TPSA) is 65.6 Å². The van der Waals surface area contributed by atoms with Gasteiger partial charge in [-0.25, -0.2) is 4.98 Å². The van der Waals surface area contributed by atoms with Crippen LogP contribution in [0, 0.1) is 11.3 Å². The van der Waals surface area contributed by atoms with Crippen molar-refractivity contribution in [2.75, 3.05) is 0 Å². The van der Waals surface area contributed by atoms with Crippen molar-refractivity contribution in [1.82, 2.24) is 9.97 Å². The molecule has 7 heteroatoms. The van der Waals surface area contributed by atoms with E-state index in [0.29, 0.717) is 27.3 Å². The molecule has 4 nitrogen and oxygen atoms in total. The zero-order valence-corrected chi connectivity index (χ0v) is 16.9. The lowest BCUT2D eigenvalue weighted by atomic mass is 10.2. The predicted molar refractivity (Wildman–Crippen MR) is 112 cm³/mol. The zero-order valence-electron chi connectivity index (χ0n) is 13.7. The molecule has 2 heterocycles. The van der Waals surface area contributed by atoms with E-state index in [1.165, 1.54) is 11.8 Å². The molecule has 0 amide bonds. The number of fused-ring (bicyclic) bond motifs is 1. The predicted octanol–water partition coefficient (Wildman–Crippen LogP) is 6.79. The number of hydrogen-bond acceptors (Lipinski definition) is 4. The Morgan fingerprint density at radius 1 is 1.22 bits per heavy atom. The molecule has 0 unspecified atom stereocenters. The number of aromatic amines is 1. The van der Waals surface area contributed by atoms with Crippen molar-refractivity contribution in [3.8, 4) is 6.07 Å². The Labute approximate surface area is 173 Å². The summed E-state index contributed by atoms with van der Waals surface area (Å²) in [6.07, 6.45) is 1.67. The Morgan fingerprint density at radius 2 is 2.00 bits per heavy atom. The van der Waals surface area contributed by atoms with Gasteiger partial charge in [0.05, 0.1) is 21.1 Å². The van der Waals surface area contributed by atoms with Crippen LogP contribution < -0.4 is 0 Å². The Hall–Kier alpha value is -2.46. The third kappa shape index (κ3) is 3.96. The number of H-pyrrole nitrogens is 1. The van der Waals surface area contributed by atoms with Crippen LogP contribution in [0.2, 0.25) is 5.02 Å². The first-order valence-corrected chi connectivity index (χ1v) is 9.91. The molecule has 0 saturated heterocycles. The maximum absolute atomic E-state index is 9.55. The van der Waals surface area contributed by atoms with Gasteiger partial charge in [-0.1, -0.05) is 35.5 Å². The first-order chi connectivity index (χ1) is 13.1. The van der Waals surface area contributed by atoms with Gasteiger partial charge >= 0.3 is 0 Å². The van der Waals surface area contributed by atoms with Gasteiger partial charge in [0, 0.05) is 16.0 Å². The van der Waals surface area contributed by atoms with Crippen LogP contribution in [0.3, 0.4) is 0 Å². The van der Waals surface area contributed by atoms with Crippen LogP contribution in [0.1, 0.15) is 11.6 Å². The summed E-state index contributed by atoms with van der Waals surface area (Å²) in [6.45, 7) is 0. The molecule has 0 aliphatic rings. The van der Waals surface area contributed by atoms with E-state index in [1.807, 2.05) is 54.6 Å². The molecule has 0 fully saturated rings. The molecule has 0 spiro atoms. The van der Waals surface area contributed by atoms with Crippen LogP contribution in [0.4, 0.5) is 0 Å². The minimum absolute atomic E-state index is 0.399. The minimum atomic E-state index is 0.399. The van der Waals surface area contributed by atoms with Gasteiger partial charge in [0.2, 0.25) is 0 Å². The molecule has 0 saturated carbocycles. The van der Waals surface area contributed by atoms with Crippen molar-refractivity contribution in [3.05, 3.63) is 75.7 Å². The van der Waals surface area contributed by atoms with Gasteiger partial charge in [-0.05, 0) is 58.4 Å². The molecule has 2 aromatic carbocycles. The van der Waals surface area contributed by atoms with Crippen LogP contribution in [0.25, 0.3) is 22.7 Å². The molecule has 0 radical (unpaired) electrons. The second-order valence-corrected chi connectivity index (χ2v) is 7.95. The van der Waals surface area contributed by atoms with Crippen molar-refractivity contribution < 1.29 is 4.42 Å². The highest BCUT2D eigenvalue weighted by Crippen LogP contribution is 2.37. The first kappa shape index (κ1) is 17.9. The smallest absolute Gasteiger partial charge is 0.179 e. The maximum atomic E-state index is 9.55. The Kier molecular flexibility index (Phi) is 5.08. The number of nitrogens with zero attached hydrogens (tertiary/aromatic N) is 2. The summed E-state index contributed by atoms with van der Waals surface area (Å²) in [5.74, 6) is 1.08. The number of hydrogen-bond donors (Lipinski definition) is 1. The number of allylic oxidation sites excluding steroid dienone is 1. The van der Waals surface area contributed by atoms with Gasteiger partial charge in [0.25, 0.3) is 0 Å². The average Bonchev–Trinajstić information content (AvgIpc) is 3.25. The highest BCUT2D eigenvalue weighted by molar-refractivity contribution is 9.10. The Balaban J connectivity index is 1.64. The van der Waals surface area contributed by atoms with E-state index in [2.05, 4.69) is 32.0 Å². The van der Waals surface area contributed by atoms with Crippen LogP contribution in [0.5, 0.6) is 0 Å². The lowest BCUT2D eigenvalue weighted by molar-refractivity contribution is 0.463. The van der Waals surface area contributed by atoms with E-state index in [0.717, 1.165) is 20.4 Å². The number of imidazole rings is 1. The fourth-order valence-electron chi connectivity index (χ4n) is 2.50. The fourth-order valence-corrected chi connectivity index (χ4v) is 3.95. The van der Waals surface area contributed by atoms with Gasteiger partial charge in [0.15, 0.2) is 5.09 Å². The summed E-state index contributed by atoms with van der Waals surface area (Å²) >= 11 is 10.9. The monoisotopic (exact) mass is 455 g/mol. The van der Waals surface area contributed by atoms with Crippen LogP contribution in [0.15, 0.2) is 73.5 Å². The third-order valence-electron chi connectivity index (χ3n) is 3.75. The highest BCUT2D eigenvalue weighted by Gasteiger charge is 2.13. The van der Waals surface area contributed by atoms with Gasteiger partial charge in [0.1, 0.15) is 17.7 Å². The minimum Gasteiger partial charge on any atom is -0.449 e. The van der Waals surface area contributed by atoms with Gasteiger partial charge in [-0.3, -0.25) is 0 Å². The molecule has 1 N–H and O–H groups in total. The number of rotatable bonds is 4. The molecule has 4 aromatic rings. The molecule has 0 aliphatic carbocycles. The zero-order chi connectivity index (χ0) is 18.8. The van der Waals surface area contributed by atoms with Crippen LogP contribution in [-0.4, -0.2) is 9.97 Å². The fraction of sp³-hybridized carbons (Fsp3) is 0. The number of nitriles is 1. The SMILES string of the molecule is N#CC(=Cc1cc(Br)c(Sc2ccc(Cl)cc2)o1)c1nc2ccccc2[nH]1. The number of benzene rings is 2. The molecular weight excluding hydrogens is 446 g/mol. The van der Waals surface area contributed by atoms with Crippen LogP contribution >= 0.6 is 39.3 Å². The molecular formula is C20H11BrClN3OS. The van der Waals surface area contributed by atoms with E-state index >= 15 is 0 Å². The Bertz CT molecular complexity index is 1160. The first-order valence-electron chi connectivity index (χ1n) is 7.92. The molecule has 0 atom stereocenters. The number of para-hydroxylation sites is 2. The van der Waals surface area contributed by atoms with Crippen molar-refractivity contribution in [1.29, 1.82) is 5.26 Å². The number of halogens is 2. The van der Waals surface area contributed by atoms with Crippen molar-refractivity contribution in [3.63, 3.8) is 0 Å². The standard InChI is InChI=1S/C20H11BrClN3OS/c21-16-10-14(26-20(16)27-15-7-5-13(22)6-8-15)9-12(11-23)19-24-17-3-1-2-4-18(17)25-19/h1-10H,(H,24,25). The van der Waals surface area contributed by atoms with E-state index < -0.39 is 0 Å². The molecule has 2 aromatic heterocycles. The van der Waals surface area contributed by atoms with E-state index in [-0.39, 0.29) is 0 Å². The molecule has 0 aliphatic heterocycles. The summed E-state index contributed by atoms with van der Waals surface area (Å²) in [5.41, 5.74) is 2.09. The van der Waals surface area contributed by atoms with Crippen LogP contribution in [-0.2, 0) is 0 Å². The molecule has 4 rings (SSSR count). The summed E-state index contributed by atoms with van der Waals surface area (Å²) in [6, 6.07) is 19.2. The molecule has 27 heavy (non-hydrogen) atoms. The number of furan rings is 1. The number of nitrogens with one attached hydrogen (secondary N) is 1. The van der Waals surface area contributed by atoms with E-state index in [4.69, 9.17) is 16.0 Å². The lowest BCUT2D eigenvalue weighted by Gasteiger charge is -1.98. The van der Waals surface area contributed by atoms with Gasteiger partial charge in [-0.15, -0.1) is 0 Å². The normalized spacial score (nSPS) is 11.7. The quantitative estimate of drug-likeness (QED) is 0.343. The van der Waals surface area contributed by atoms with Crippen molar-refractivity contribution in [2.45, 2.75) is 9.99 Å². The molecule has 132 valence electrons. The lowest BCUT2D eigenvalue weighted by Crippen LogP contribution is -1.84. The Morgan fingerprint density at radius 3 is 2.74 bits per heavy atom. The number of aromatic nitrogens is 2. The molecule has 0 bridgehead atoms. The largest absolute Gasteiger partial charge is 0.449 e. The summed E-state index contributed by atoms with van der Waals surface area (Å²) in [7, 11) is 0. The third-order valence-corrected chi connectivity index (χ3v) is 5.85.